The van der Waals surface area contributed by atoms with Crippen LogP contribution in [0.4, 0.5) is 14.9 Å². The Morgan fingerprint density at radius 2 is 2.15 bits per heavy atom. The molecule has 3 N–H and O–H groups in total. The Balaban J connectivity index is 1.98. The summed E-state index contributed by atoms with van der Waals surface area (Å²) in [6.07, 6.45) is 0. The molecule has 0 aliphatic heterocycles. The van der Waals surface area contributed by atoms with Crippen molar-refractivity contribution in [1.82, 2.24) is 20.5 Å². The Labute approximate surface area is 115 Å². The molecular weight excluding hydrogens is 261 g/mol. The Bertz CT molecular complexity index is 625. The number of aryl methyl sites for hydroxylation is 2. The van der Waals surface area contributed by atoms with Crippen LogP contribution in [0.3, 0.4) is 0 Å². The molecule has 20 heavy (non-hydrogen) atoms. The second kappa shape index (κ2) is 5.68. The smallest absolute Gasteiger partial charge is 0.319 e. The molecule has 0 radical (unpaired) electrons. The van der Waals surface area contributed by atoms with E-state index in [4.69, 9.17) is 0 Å². The number of benzene rings is 1. The molecule has 0 aliphatic rings. The number of carbonyl (C=O) groups is 1. The molecule has 0 bridgehead atoms. The molecular formula is C13H16FN5O. The summed E-state index contributed by atoms with van der Waals surface area (Å²) in [6.45, 7) is 5.28. The predicted molar refractivity (Wildman–Crippen MR) is 72.8 cm³/mol. The Morgan fingerprint density at radius 3 is 2.75 bits per heavy atom. The van der Waals surface area contributed by atoms with Gasteiger partial charge in [0.05, 0.1) is 6.04 Å². The zero-order valence-corrected chi connectivity index (χ0v) is 11.5. The van der Waals surface area contributed by atoms with Gasteiger partial charge < -0.3 is 10.6 Å². The van der Waals surface area contributed by atoms with Gasteiger partial charge in [-0.2, -0.15) is 5.10 Å². The van der Waals surface area contributed by atoms with E-state index >= 15 is 0 Å². The highest BCUT2D eigenvalue weighted by Crippen LogP contribution is 2.16. The molecule has 2 amide bonds. The molecule has 2 aromatic rings. The van der Waals surface area contributed by atoms with E-state index in [2.05, 4.69) is 25.8 Å². The summed E-state index contributed by atoms with van der Waals surface area (Å²) in [5, 5.41) is 12.1. The van der Waals surface area contributed by atoms with E-state index in [0.29, 0.717) is 22.9 Å². The van der Waals surface area contributed by atoms with Crippen molar-refractivity contribution in [2.75, 3.05) is 5.32 Å². The second-order valence-corrected chi connectivity index (χ2v) is 4.56. The summed E-state index contributed by atoms with van der Waals surface area (Å²) in [5.41, 5.74) is 1.21. The molecule has 6 nitrogen and oxygen atoms in total. The van der Waals surface area contributed by atoms with Gasteiger partial charge in [0.2, 0.25) is 0 Å². The lowest BCUT2D eigenvalue weighted by molar-refractivity contribution is 0.249. The molecule has 0 unspecified atom stereocenters. The minimum atomic E-state index is -0.394. The molecule has 7 heteroatoms. The minimum Gasteiger partial charge on any atom is -0.328 e. The summed E-state index contributed by atoms with van der Waals surface area (Å²) < 4.78 is 13.0. The maximum Gasteiger partial charge on any atom is 0.319 e. The molecule has 1 aromatic heterocycles. The highest BCUT2D eigenvalue weighted by atomic mass is 19.1. The monoisotopic (exact) mass is 277 g/mol. The van der Waals surface area contributed by atoms with E-state index in [1.54, 1.807) is 20.8 Å². The maximum atomic E-state index is 13.0. The zero-order chi connectivity index (χ0) is 14.7. The van der Waals surface area contributed by atoms with Gasteiger partial charge >= 0.3 is 6.03 Å². The van der Waals surface area contributed by atoms with Gasteiger partial charge in [-0.3, -0.25) is 5.10 Å². The fourth-order valence-corrected chi connectivity index (χ4v) is 1.74. The van der Waals surface area contributed by atoms with Crippen LogP contribution in [-0.2, 0) is 0 Å². The summed E-state index contributed by atoms with van der Waals surface area (Å²) in [5.74, 6) is 0.856. The van der Waals surface area contributed by atoms with Crippen molar-refractivity contribution in [2.45, 2.75) is 26.8 Å². The van der Waals surface area contributed by atoms with Gasteiger partial charge in [-0.1, -0.05) is 0 Å². The average Bonchev–Trinajstić information content (AvgIpc) is 2.79. The van der Waals surface area contributed by atoms with Crippen LogP contribution in [0.25, 0.3) is 0 Å². The molecule has 1 aromatic carbocycles. The number of carbonyl (C=O) groups excluding carboxylic acids is 1. The molecule has 0 aliphatic carbocycles. The number of nitrogens with zero attached hydrogens (tertiary/aromatic N) is 2. The van der Waals surface area contributed by atoms with Crippen molar-refractivity contribution in [1.29, 1.82) is 0 Å². The van der Waals surface area contributed by atoms with E-state index < -0.39 is 6.03 Å². The first-order chi connectivity index (χ1) is 9.45. The van der Waals surface area contributed by atoms with Gasteiger partial charge in [-0.25, -0.2) is 14.2 Å². The summed E-state index contributed by atoms with van der Waals surface area (Å²) in [4.78, 5) is 16.0. The van der Waals surface area contributed by atoms with Crippen molar-refractivity contribution in [3.8, 4) is 0 Å². The van der Waals surface area contributed by atoms with Gasteiger partial charge in [-0.15, -0.1) is 0 Å². The van der Waals surface area contributed by atoms with E-state index in [0.717, 1.165) is 0 Å². The average molecular weight is 277 g/mol. The first-order valence-electron chi connectivity index (χ1n) is 6.18. The number of nitrogens with one attached hydrogen (secondary N) is 3. The second-order valence-electron chi connectivity index (χ2n) is 4.56. The van der Waals surface area contributed by atoms with E-state index in [-0.39, 0.29) is 11.9 Å². The SMILES string of the molecule is Cc1nc([C@H](C)NC(=O)Nc2ccc(F)cc2C)n[nH]1. The lowest BCUT2D eigenvalue weighted by atomic mass is 10.2. The van der Waals surface area contributed by atoms with Crippen LogP contribution >= 0.6 is 0 Å². The Morgan fingerprint density at radius 1 is 1.40 bits per heavy atom. The number of rotatable bonds is 3. The highest BCUT2D eigenvalue weighted by Gasteiger charge is 2.14. The van der Waals surface area contributed by atoms with E-state index in [1.165, 1.54) is 18.2 Å². The van der Waals surface area contributed by atoms with Crippen LogP contribution in [0.15, 0.2) is 18.2 Å². The normalized spacial score (nSPS) is 12.0. The van der Waals surface area contributed by atoms with Crippen LogP contribution < -0.4 is 10.6 Å². The lowest BCUT2D eigenvalue weighted by Crippen LogP contribution is -2.32. The lowest BCUT2D eigenvalue weighted by Gasteiger charge is -2.13. The molecule has 1 atom stereocenters. The summed E-state index contributed by atoms with van der Waals surface area (Å²) in [6, 6.07) is 3.45. The van der Waals surface area contributed by atoms with Crippen LogP contribution in [0, 0.1) is 19.7 Å². The molecule has 0 spiro atoms. The summed E-state index contributed by atoms with van der Waals surface area (Å²) in [7, 11) is 0. The molecule has 0 fully saturated rings. The van der Waals surface area contributed by atoms with Gasteiger partial charge in [0.1, 0.15) is 11.6 Å². The molecule has 1 heterocycles. The van der Waals surface area contributed by atoms with Crippen LogP contribution in [-0.4, -0.2) is 21.2 Å². The third-order valence-electron chi connectivity index (χ3n) is 2.79. The first-order valence-corrected chi connectivity index (χ1v) is 6.18. The van der Waals surface area contributed by atoms with Gasteiger partial charge in [0.25, 0.3) is 0 Å². The largest absolute Gasteiger partial charge is 0.328 e. The zero-order valence-electron chi connectivity index (χ0n) is 11.5. The number of urea groups is 1. The quantitative estimate of drug-likeness (QED) is 0.805. The number of amides is 2. The number of aromatic amines is 1. The third-order valence-corrected chi connectivity index (χ3v) is 2.79. The Hall–Kier alpha value is -2.44. The number of halogens is 1. The van der Waals surface area contributed by atoms with Crippen molar-refractivity contribution in [3.63, 3.8) is 0 Å². The number of H-pyrrole nitrogens is 1. The standard InChI is InChI=1S/C13H16FN5O/c1-7-6-10(14)4-5-11(7)17-13(20)15-8(2)12-16-9(3)18-19-12/h4-6,8H,1-3H3,(H2,15,17,20)(H,16,18,19)/t8-/m0/s1. The van der Waals surface area contributed by atoms with Gasteiger partial charge in [0.15, 0.2) is 5.82 Å². The molecule has 0 saturated heterocycles. The van der Waals surface area contributed by atoms with Crippen molar-refractivity contribution in [3.05, 3.63) is 41.2 Å². The number of hydrogen-bond donors (Lipinski definition) is 3. The fraction of sp³-hybridized carbons (Fsp3) is 0.308. The third kappa shape index (κ3) is 3.31. The van der Waals surface area contributed by atoms with Crippen LogP contribution in [0.5, 0.6) is 0 Å². The van der Waals surface area contributed by atoms with Crippen LogP contribution in [0.1, 0.15) is 30.2 Å². The van der Waals surface area contributed by atoms with E-state index in [9.17, 15) is 9.18 Å². The van der Waals surface area contributed by atoms with Crippen LogP contribution in [0.2, 0.25) is 0 Å². The van der Waals surface area contributed by atoms with Crippen molar-refractivity contribution >= 4 is 11.7 Å². The first kappa shape index (κ1) is 14.0. The maximum absolute atomic E-state index is 13.0. The van der Waals surface area contributed by atoms with Crippen molar-refractivity contribution in [2.24, 2.45) is 0 Å². The predicted octanol–water partition coefficient (Wildman–Crippen LogP) is 2.44. The topological polar surface area (TPSA) is 82.7 Å². The summed E-state index contributed by atoms with van der Waals surface area (Å²) >= 11 is 0. The van der Waals surface area contributed by atoms with Gasteiger partial charge in [0, 0.05) is 5.69 Å². The van der Waals surface area contributed by atoms with Crippen molar-refractivity contribution < 1.29 is 9.18 Å². The fourth-order valence-electron chi connectivity index (χ4n) is 1.74. The van der Waals surface area contributed by atoms with Gasteiger partial charge in [-0.05, 0) is 44.5 Å². The molecule has 0 saturated carbocycles. The Kier molecular flexibility index (Phi) is 3.97. The minimum absolute atomic E-state index is 0.333. The number of anilines is 1. The molecule has 106 valence electrons. The molecule has 2 rings (SSSR count). The number of aromatic nitrogens is 3. The van der Waals surface area contributed by atoms with E-state index in [1.807, 2.05) is 0 Å². The number of hydrogen-bond acceptors (Lipinski definition) is 3. The highest BCUT2D eigenvalue weighted by molar-refractivity contribution is 5.90.